The van der Waals surface area contributed by atoms with Gasteiger partial charge in [0.2, 0.25) is 5.91 Å². The molecule has 0 aliphatic carbocycles. The largest absolute Gasteiger partial charge is 0.326 e. The molecule has 1 amide bonds. The molecule has 3 aromatic carbocycles. The molecule has 3 heteroatoms. The van der Waals surface area contributed by atoms with Gasteiger partial charge in [0.25, 0.3) is 0 Å². The van der Waals surface area contributed by atoms with E-state index < -0.39 is 0 Å². The molecule has 0 aliphatic heterocycles. The summed E-state index contributed by atoms with van der Waals surface area (Å²) in [7, 11) is 0. The molecule has 1 N–H and O–H groups in total. The first-order valence-electron chi connectivity index (χ1n) is 17.2. The predicted octanol–water partition coefficient (Wildman–Crippen LogP) is 12.1. The van der Waals surface area contributed by atoms with Crippen molar-refractivity contribution < 1.29 is 9.59 Å². The highest BCUT2D eigenvalue weighted by Gasteiger charge is 2.07. The first-order valence-corrected chi connectivity index (χ1v) is 17.2. The quantitative estimate of drug-likeness (QED) is 0.221. The topological polar surface area (TPSA) is 46.2 Å². The van der Waals surface area contributed by atoms with Crippen molar-refractivity contribution in [2.45, 2.75) is 132 Å². The van der Waals surface area contributed by atoms with E-state index in [0.29, 0.717) is 60.6 Å². The summed E-state index contributed by atoms with van der Waals surface area (Å²) in [5.41, 5.74) is 7.67. The smallest absolute Gasteiger partial charge is 0.224 e. The van der Waals surface area contributed by atoms with Crippen LogP contribution in [0.3, 0.4) is 0 Å². The molecule has 0 spiro atoms. The summed E-state index contributed by atoms with van der Waals surface area (Å²) >= 11 is 0. The Bertz CT molecular complexity index is 1200. The van der Waals surface area contributed by atoms with E-state index in [1.165, 1.54) is 27.8 Å². The maximum atomic E-state index is 11.6. The Morgan fingerprint density at radius 2 is 0.822 bits per heavy atom. The standard InChI is InChI=1S/C16H24O.C14H21NO.C12H18/c1-12(2)11-16(17)10-7-14-5-8-15(9-6-14)13(3)4;1-10(2)9-14(16)15-13-7-5-12(6-8-13)11(3)4;1-9(2)11-5-7-12(8-6-11)10(3)4/h5-6,8-9,12-13H,7,10-11H2,1-4H3;5-8,10-11H,9H2,1-4H3,(H,15,16);5-10H,1-4H3. The molecule has 0 atom stereocenters. The number of ketones is 1. The third kappa shape index (κ3) is 17.2. The number of hydrogen-bond donors (Lipinski definition) is 1. The van der Waals surface area contributed by atoms with Gasteiger partial charge in [-0.15, -0.1) is 0 Å². The Labute approximate surface area is 276 Å². The van der Waals surface area contributed by atoms with Crippen LogP contribution in [-0.2, 0) is 16.0 Å². The number of aryl methyl sites for hydroxylation is 1. The summed E-state index contributed by atoms with van der Waals surface area (Å²) in [5, 5.41) is 2.90. The molecule has 0 aliphatic rings. The van der Waals surface area contributed by atoms with Crippen LogP contribution in [0.4, 0.5) is 5.69 Å². The van der Waals surface area contributed by atoms with Crippen LogP contribution < -0.4 is 5.32 Å². The highest BCUT2D eigenvalue weighted by molar-refractivity contribution is 5.90. The summed E-state index contributed by atoms with van der Waals surface area (Å²) in [6.07, 6.45) is 2.85. The fraction of sp³-hybridized carbons (Fsp3) is 0.524. The van der Waals surface area contributed by atoms with Gasteiger partial charge in [0.05, 0.1) is 0 Å². The van der Waals surface area contributed by atoms with Crippen molar-refractivity contribution in [3.8, 4) is 0 Å². The van der Waals surface area contributed by atoms with E-state index in [1.807, 2.05) is 26.0 Å². The molecule has 0 saturated heterocycles. The molecule has 45 heavy (non-hydrogen) atoms. The first kappa shape index (κ1) is 39.8. The number of carbonyl (C=O) groups excluding carboxylic acids is 2. The lowest BCUT2D eigenvalue weighted by molar-refractivity contribution is -0.119. The lowest BCUT2D eigenvalue weighted by atomic mass is 9.97. The Kier molecular flexibility index (Phi) is 18.4. The molecule has 3 rings (SSSR count). The van der Waals surface area contributed by atoms with Crippen LogP contribution in [-0.4, -0.2) is 11.7 Å². The van der Waals surface area contributed by atoms with E-state index >= 15 is 0 Å². The lowest BCUT2D eigenvalue weighted by Gasteiger charge is -2.09. The van der Waals surface area contributed by atoms with Gasteiger partial charge in [0, 0.05) is 24.9 Å². The minimum atomic E-state index is 0.0901. The number of nitrogens with one attached hydrogen (secondary N) is 1. The Morgan fingerprint density at radius 3 is 1.16 bits per heavy atom. The average molecular weight is 614 g/mol. The second-order valence-corrected chi connectivity index (χ2v) is 14.4. The molecular weight excluding hydrogens is 550 g/mol. The summed E-state index contributed by atoms with van der Waals surface area (Å²) < 4.78 is 0. The number of hydrogen-bond acceptors (Lipinski definition) is 2. The predicted molar refractivity (Wildman–Crippen MR) is 197 cm³/mol. The van der Waals surface area contributed by atoms with Crippen molar-refractivity contribution in [2.24, 2.45) is 11.8 Å². The van der Waals surface area contributed by atoms with Crippen molar-refractivity contribution in [3.05, 3.63) is 101 Å². The minimum absolute atomic E-state index is 0.0901. The van der Waals surface area contributed by atoms with Crippen LogP contribution in [0.15, 0.2) is 72.8 Å². The van der Waals surface area contributed by atoms with Crippen LogP contribution >= 0.6 is 0 Å². The van der Waals surface area contributed by atoms with Crippen LogP contribution in [0.1, 0.15) is 154 Å². The van der Waals surface area contributed by atoms with Crippen molar-refractivity contribution in [2.75, 3.05) is 5.32 Å². The van der Waals surface area contributed by atoms with Crippen molar-refractivity contribution in [3.63, 3.8) is 0 Å². The van der Waals surface area contributed by atoms with E-state index in [0.717, 1.165) is 12.1 Å². The van der Waals surface area contributed by atoms with Gasteiger partial charge in [-0.3, -0.25) is 9.59 Å². The van der Waals surface area contributed by atoms with Gasteiger partial charge in [-0.2, -0.15) is 0 Å². The molecule has 3 aromatic rings. The van der Waals surface area contributed by atoms with Gasteiger partial charge in [-0.25, -0.2) is 0 Å². The third-order valence-corrected chi connectivity index (χ3v) is 7.70. The Hall–Kier alpha value is -3.20. The zero-order valence-corrected chi connectivity index (χ0v) is 30.5. The van der Waals surface area contributed by atoms with E-state index in [4.69, 9.17) is 0 Å². The summed E-state index contributed by atoms with van der Waals surface area (Å²) in [6, 6.07) is 25.7. The van der Waals surface area contributed by atoms with Crippen LogP contribution in [0, 0.1) is 11.8 Å². The number of benzene rings is 3. The summed E-state index contributed by atoms with van der Waals surface area (Å²) in [5.74, 6) is 3.74. The Balaban J connectivity index is 0.000000343. The second-order valence-electron chi connectivity index (χ2n) is 14.4. The maximum absolute atomic E-state index is 11.6. The van der Waals surface area contributed by atoms with Crippen molar-refractivity contribution in [1.82, 2.24) is 0 Å². The normalized spacial score (nSPS) is 11.1. The van der Waals surface area contributed by atoms with Gasteiger partial charge in [-0.05, 0) is 81.9 Å². The molecule has 0 heterocycles. The van der Waals surface area contributed by atoms with Crippen molar-refractivity contribution >= 4 is 17.4 Å². The molecule has 3 nitrogen and oxygen atoms in total. The van der Waals surface area contributed by atoms with E-state index in [9.17, 15) is 9.59 Å². The zero-order chi connectivity index (χ0) is 34.1. The van der Waals surface area contributed by atoms with Crippen LogP contribution in [0.5, 0.6) is 0 Å². The zero-order valence-electron chi connectivity index (χ0n) is 30.5. The van der Waals surface area contributed by atoms with E-state index in [1.54, 1.807) is 0 Å². The monoisotopic (exact) mass is 613 g/mol. The highest BCUT2D eigenvalue weighted by Crippen LogP contribution is 2.20. The Morgan fingerprint density at radius 1 is 0.489 bits per heavy atom. The SMILES string of the molecule is CC(C)CC(=O)CCc1ccc(C(C)C)cc1.CC(C)CC(=O)Nc1ccc(C(C)C)cc1.CC(C)c1ccc(C(C)C)cc1. The third-order valence-electron chi connectivity index (χ3n) is 7.70. The maximum Gasteiger partial charge on any atom is 0.224 e. The molecule has 0 aromatic heterocycles. The molecule has 0 unspecified atom stereocenters. The minimum Gasteiger partial charge on any atom is -0.326 e. The fourth-order valence-electron chi connectivity index (χ4n) is 4.71. The molecule has 248 valence electrons. The van der Waals surface area contributed by atoms with Gasteiger partial charge in [0.15, 0.2) is 0 Å². The molecule has 0 radical (unpaired) electrons. The van der Waals surface area contributed by atoms with Gasteiger partial charge in [0.1, 0.15) is 5.78 Å². The number of anilines is 1. The number of Topliss-reactive ketones (excluding diaryl/α,β-unsaturated/α-hetero) is 1. The van der Waals surface area contributed by atoms with Gasteiger partial charge >= 0.3 is 0 Å². The van der Waals surface area contributed by atoms with Crippen LogP contribution in [0.25, 0.3) is 0 Å². The van der Waals surface area contributed by atoms with Gasteiger partial charge in [-0.1, -0.05) is 144 Å². The highest BCUT2D eigenvalue weighted by atomic mass is 16.1. The summed E-state index contributed by atoms with van der Waals surface area (Å²) in [4.78, 5) is 23.1. The summed E-state index contributed by atoms with van der Waals surface area (Å²) in [6.45, 7) is 25.9. The molecule has 0 saturated carbocycles. The second kappa shape index (κ2) is 20.8. The van der Waals surface area contributed by atoms with E-state index in [-0.39, 0.29) is 5.91 Å². The van der Waals surface area contributed by atoms with Crippen LogP contribution in [0.2, 0.25) is 0 Å². The molecule has 0 bridgehead atoms. The van der Waals surface area contributed by atoms with Crippen molar-refractivity contribution in [1.29, 1.82) is 0 Å². The molecule has 0 fully saturated rings. The number of rotatable bonds is 12. The fourth-order valence-corrected chi connectivity index (χ4v) is 4.71. The van der Waals surface area contributed by atoms with Gasteiger partial charge < -0.3 is 5.32 Å². The molecular formula is C42H63NO2. The first-order chi connectivity index (χ1) is 21.1. The average Bonchev–Trinajstić information content (AvgIpc) is 2.96. The number of amides is 1. The number of carbonyl (C=O) groups is 2. The lowest BCUT2D eigenvalue weighted by Crippen LogP contribution is -2.13. The van der Waals surface area contributed by atoms with E-state index in [2.05, 4.69) is 135 Å².